The molecule has 9 nitrogen and oxygen atoms in total. The number of nitrogens with zero attached hydrogens (tertiary/aromatic N) is 2. The Bertz CT molecular complexity index is 1450. The van der Waals surface area contributed by atoms with Crippen molar-refractivity contribution < 1.29 is 49.8 Å². The zero-order valence-corrected chi connectivity index (χ0v) is 24.8. The molecule has 1 fully saturated rings. The maximum atomic E-state index is 13.4. The molecule has 0 atom stereocenters. The number of benzene rings is 1. The molecule has 0 bridgehead atoms. The monoisotopic (exact) mass is 643 g/mol. The number of alkyl halides is 5. The highest BCUT2D eigenvalue weighted by molar-refractivity contribution is 7.91. The Hall–Kier alpha value is -2.78. The van der Waals surface area contributed by atoms with Gasteiger partial charge in [-0.2, -0.15) is 27.1 Å². The van der Waals surface area contributed by atoms with Crippen LogP contribution in [0.5, 0.6) is 5.75 Å². The molecule has 0 aliphatic heterocycles. The SMILES string of the molecule is CCn1nc(C(=O)NC[C@]2(O)CC[C@@H](S(C)(=O)=O)CC2)c(Cl)c1-c1ccc(C(=O)C(C)(C)C(F)(F)F)cc1OC(F)F. The van der Waals surface area contributed by atoms with Crippen LogP contribution in [0.2, 0.25) is 5.02 Å². The van der Waals surface area contributed by atoms with E-state index in [4.69, 9.17) is 11.6 Å². The molecule has 0 saturated heterocycles. The Morgan fingerprint density at radius 2 is 1.83 bits per heavy atom. The molecule has 16 heteroatoms. The molecule has 2 N–H and O–H groups in total. The second-order valence-corrected chi connectivity index (χ2v) is 13.5. The van der Waals surface area contributed by atoms with Gasteiger partial charge in [-0.3, -0.25) is 14.3 Å². The van der Waals surface area contributed by atoms with Crippen LogP contribution in [0.4, 0.5) is 22.0 Å². The molecule has 1 amide bonds. The third-order valence-electron chi connectivity index (χ3n) is 7.45. The van der Waals surface area contributed by atoms with Crippen molar-refractivity contribution in [3.8, 4) is 17.0 Å². The van der Waals surface area contributed by atoms with Crippen molar-refractivity contribution in [3.05, 3.63) is 34.5 Å². The smallest absolute Gasteiger partial charge is 0.401 e. The van der Waals surface area contributed by atoms with Gasteiger partial charge in [-0.25, -0.2) is 8.42 Å². The van der Waals surface area contributed by atoms with Crippen molar-refractivity contribution >= 4 is 33.1 Å². The standard InChI is InChI=1S/C26H31ClF5N3O6S/c1-5-35-20(16-7-6-14(12-17(16)41-23(28)29)21(36)24(2,3)26(30,31)32)18(27)19(34-35)22(37)33-13-25(38)10-8-15(9-11-25)42(4,39)40/h6-7,12,15,23,38H,5,8-11,13H2,1-4H3,(H,33,37)/t15-,25+. The van der Waals surface area contributed by atoms with Crippen LogP contribution >= 0.6 is 11.6 Å². The van der Waals surface area contributed by atoms with Gasteiger partial charge in [-0.15, -0.1) is 0 Å². The second kappa shape index (κ2) is 12.1. The average Bonchev–Trinajstić information content (AvgIpc) is 3.21. The van der Waals surface area contributed by atoms with Crippen LogP contribution in [0.15, 0.2) is 18.2 Å². The predicted octanol–water partition coefficient (Wildman–Crippen LogP) is 5.04. The van der Waals surface area contributed by atoms with Crippen LogP contribution < -0.4 is 10.1 Å². The number of ether oxygens (including phenoxy) is 1. The first-order valence-corrected chi connectivity index (χ1v) is 15.2. The maximum absolute atomic E-state index is 13.4. The van der Waals surface area contributed by atoms with Crippen molar-refractivity contribution in [1.82, 2.24) is 15.1 Å². The summed E-state index contributed by atoms with van der Waals surface area (Å²) in [5.41, 5.74) is -5.28. The lowest BCUT2D eigenvalue weighted by Crippen LogP contribution is -2.47. The first-order chi connectivity index (χ1) is 19.2. The lowest BCUT2D eigenvalue weighted by molar-refractivity contribution is -0.192. The van der Waals surface area contributed by atoms with Gasteiger partial charge in [-0.05, 0) is 58.6 Å². The topological polar surface area (TPSA) is 128 Å². The van der Waals surface area contributed by atoms with Gasteiger partial charge in [0.25, 0.3) is 5.91 Å². The lowest BCUT2D eigenvalue weighted by Gasteiger charge is -2.35. The van der Waals surface area contributed by atoms with Crippen molar-refractivity contribution in [2.24, 2.45) is 5.41 Å². The normalized spacial score (nSPS) is 20.0. The molecular formula is C26H31ClF5N3O6S. The van der Waals surface area contributed by atoms with Crippen molar-refractivity contribution in [3.63, 3.8) is 0 Å². The minimum Gasteiger partial charge on any atom is -0.434 e. The number of carbonyl (C=O) groups is 2. The number of halogens is 6. The molecule has 0 radical (unpaired) electrons. The number of hydrogen-bond donors (Lipinski definition) is 2. The van der Waals surface area contributed by atoms with Gasteiger partial charge in [0.1, 0.15) is 21.0 Å². The summed E-state index contributed by atoms with van der Waals surface area (Å²) in [6.07, 6.45) is -3.12. The molecule has 0 spiro atoms. The van der Waals surface area contributed by atoms with E-state index in [0.29, 0.717) is 13.8 Å². The number of nitrogens with one attached hydrogen (secondary N) is 1. The van der Waals surface area contributed by atoms with Crippen LogP contribution in [0, 0.1) is 5.41 Å². The van der Waals surface area contributed by atoms with E-state index >= 15 is 0 Å². The molecule has 2 aromatic rings. The minimum absolute atomic E-state index is 0.0681. The van der Waals surface area contributed by atoms with E-state index in [1.165, 1.54) is 4.68 Å². The van der Waals surface area contributed by atoms with E-state index in [2.05, 4.69) is 15.2 Å². The molecule has 1 aromatic heterocycles. The molecule has 42 heavy (non-hydrogen) atoms. The highest BCUT2D eigenvalue weighted by Crippen LogP contribution is 2.43. The summed E-state index contributed by atoms with van der Waals surface area (Å²) in [6.45, 7) is -0.637. The first-order valence-electron chi connectivity index (χ1n) is 12.9. The number of Topliss-reactive ketones (excluding diaryl/α,β-unsaturated/α-hetero) is 1. The number of aryl methyl sites for hydroxylation is 1. The van der Waals surface area contributed by atoms with Gasteiger partial charge in [0.15, 0.2) is 11.5 Å². The largest absolute Gasteiger partial charge is 0.434 e. The van der Waals surface area contributed by atoms with Crippen LogP contribution in [0.3, 0.4) is 0 Å². The number of hydrogen-bond acceptors (Lipinski definition) is 7. The number of ketones is 1. The summed E-state index contributed by atoms with van der Waals surface area (Å²) in [5, 5.41) is 16.6. The van der Waals surface area contributed by atoms with E-state index in [9.17, 15) is 45.1 Å². The Morgan fingerprint density at radius 3 is 2.33 bits per heavy atom. The van der Waals surface area contributed by atoms with E-state index in [0.717, 1.165) is 24.5 Å². The molecule has 1 aromatic carbocycles. The third kappa shape index (κ3) is 7.05. The van der Waals surface area contributed by atoms with E-state index in [1.807, 2.05) is 0 Å². The summed E-state index contributed by atoms with van der Waals surface area (Å²) >= 11 is 6.47. The highest BCUT2D eigenvalue weighted by Gasteiger charge is 2.53. The summed E-state index contributed by atoms with van der Waals surface area (Å²) in [4.78, 5) is 25.7. The molecule has 234 valence electrons. The van der Waals surface area contributed by atoms with Gasteiger partial charge >= 0.3 is 12.8 Å². The fourth-order valence-corrected chi connectivity index (χ4v) is 6.09. The molecule has 1 heterocycles. The van der Waals surface area contributed by atoms with Crippen LogP contribution in [0.1, 0.15) is 67.3 Å². The Kier molecular flexibility index (Phi) is 9.69. The van der Waals surface area contributed by atoms with E-state index in [1.54, 1.807) is 6.92 Å². The number of sulfone groups is 1. The van der Waals surface area contributed by atoms with Gasteiger partial charge in [0.2, 0.25) is 0 Å². The van der Waals surface area contributed by atoms with Crippen molar-refractivity contribution in [1.29, 1.82) is 0 Å². The van der Waals surface area contributed by atoms with Crippen molar-refractivity contribution in [2.45, 2.75) is 76.6 Å². The van der Waals surface area contributed by atoms with Gasteiger partial charge < -0.3 is 15.2 Å². The Balaban J connectivity index is 1.93. The molecule has 1 aliphatic rings. The molecule has 1 aliphatic carbocycles. The van der Waals surface area contributed by atoms with Crippen LogP contribution in [-0.4, -0.2) is 71.4 Å². The van der Waals surface area contributed by atoms with Crippen LogP contribution in [0.25, 0.3) is 11.3 Å². The third-order valence-corrected chi connectivity index (χ3v) is 9.49. The lowest BCUT2D eigenvalue weighted by atomic mass is 9.83. The average molecular weight is 644 g/mol. The zero-order chi connectivity index (χ0) is 31.8. The van der Waals surface area contributed by atoms with E-state index in [-0.39, 0.29) is 60.7 Å². The molecular weight excluding hydrogens is 613 g/mol. The molecule has 0 unspecified atom stereocenters. The number of amides is 1. The minimum atomic E-state index is -4.92. The van der Waals surface area contributed by atoms with Crippen LogP contribution in [-0.2, 0) is 16.4 Å². The Labute approximate surface area is 244 Å². The quantitative estimate of drug-likeness (QED) is 0.274. The Morgan fingerprint density at radius 1 is 1.24 bits per heavy atom. The molecule has 1 saturated carbocycles. The van der Waals surface area contributed by atoms with Gasteiger partial charge in [-0.1, -0.05) is 17.7 Å². The van der Waals surface area contributed by atoms with Crippen molar-refractivity contribution in [2.75, 3.05) is 12.8 Å². The summed E-state index contributed by atoms with van der Waals surface area (Å²) < 4.78 is 96.3. The summed E-state index contributed by atoms with van der Waals surface area (Å²) in [5.74, 6) is -2.85. The molecule has 3 rings (SSSR count). The van der Waals surface area contributed by atoms with E-state index < -0.39 is 61.9 Å². The zero-order valence-electron chi connectivity index (χ0n) is 23.2. The number of carbonyl (C=O) groups excluding carboxylic acids is 2. The fourth-order valence-electron chi connectivity index (χ4n) is 4.68. The predicted molar refractivity (Wildman–Crippen MR) is 144 cm³/mol. The summed E-state index contributed by atoms with van der Waals surface area (Å²) in [7, 11) is -3.27. The van der Waals surface area contributed by atoms with Gasteiger partial charge in [0, 0.05) is 30.5 Å². The second-order valence-electron chi connectivity index (χ2n) is 10.8. The number of aliphatic hydroxyl groups is 1. The number of aromatic nitrogens is 2. The fraction of sp³-hybridized carbons (Fsp3) is 0.577. The summed E-state index contributed by atoms with van der Waals surface area (Å²) in [6, 6.07) is 2.84. The van der Waals surface area contributed by atoms with Gasteiger partial charge in [0.05, 0.1) is 21.6 Å². The highest BCUT2D eigenvalue weighted by atomic mass is 35.5. The number of rotatable bonds is 10. The first kappa shape index (κ1) is 33.7. The maximum Gasteiger partial charge on any atom is 0.401 e.